The van der Waals surface area contributed by atoms with Gasteiger partial charge in [-0.1, -0.05) is 48.0 Å². The van der Waals surface area contributed by atoms with E-state index in [1.54, 1.807) is 0 Å². The number of carbonyl (C=O) groups is 1. The standard InChI is InChI=1S/C19H23NO2/c1-14-11-15(2)19(16(3)12-14)20-18(21)13-22-10-9-17-7-5-4-6-8-17/h4-8,11-12H,9-10,13H2,1-3H3,(H,20,21). The van der Waals surface area contributed by atoms with Crippen LogP contribution in [0.2, 0.25) is 0 Å². The second kappa shape index (κ2) is 7.76. The largest absolute Gasteiger partial charge is 0.371 e. The molecule has 0 atom stereocenters. The van der Waals surface area contributed by atoms with Crippen LogP contribution < -0.4 is 5.32 Å². The Balaban J connectivity index is 1.79. The minimum absolute atomic E-state index is 0.0829. The zero-order chi connectivity index (χ0) is 15.9. The average Bonchev–Trinajstić information content (AvgIpc) is 2.48. The molecule has 0 bridgehead atoms. The lowest BCUT2D eigenvalue weighted by atomic mass is 10.1. The molecule has 0 spiro atoms. The molecule has 0 saturated heterocycles. The van der Waals surface area contributed by atoms with E-state index in [9.17, 15) is 4.79 Å². The molecule has 0 aliphatic rings. The van der Waals surface area contributed by atoms with Crippen LogP contribution in [0.5, 0.6) is 0 Å². The molecule has 0 radical (unpaired) electrons. The van der Waals surface area contributed by atoms with Gasteiger partial charge in [0.05, 0.1) is 6.61 Å². The maximum absolute atomic E-state index is 12.0. The van der Waals surface area contributed by atoms with E-state index in [1.165, 1.54) is 11.1 Å². The molecule has 2 aromatic rings. The highest BCUT2D eigenvalue weighted by Gasteiger charge is 2.08. The van der Waals surface area contributed by atoms with Gasteiger partial charge in [0.15, 0.2) is 0 Å². The van der Waals surface area contributed by atoms with E-state index in [0.717, 1.165) is 23.2 Å². The first-order valence-corrected chi connectivity index (χ1v) is 7.55. The monoisotopic (exact) mass is 297 g/mol. The van der Waals surface area contributed by atoms with Gasteiger partial charge in [-0.05, 0) is 43.9 Å². The summed E-state index contributed by atoms with van der Waals surface area (Å²) in [7, 11) is 0. The SMILES string of the molecule is Cc1cc(C)c(NC(=O)COCCc2ccccc2)c(C)c1. The van der Waals surface area contributed by atoms with Crippen molar-refractivity contribution >= 4 is 11.6 Å². The number of carbonyl (C=O) groups excluding carboxylic acids is 1. The van der Waals surface area contributed by atoms with E-state index in [-0.39, 0.29) is 12.5 Å². The highest BCUT2D eigenvalue weighted by Crippen LogP contribution is 2.21. The Hall–Kier alpha value is -2.13. The summed E-state index contributed by atoms with van der Waals surface area (Å²) in [5, 5.41) is 2.94. The molecule has 1 amide bonds. The Morgan fingerprint density at radius 1 is 1.05 bits per heavy atom. The highest BCUT2D eigenvalue weighted by atomic mass is 16.5. The van der Waals surface area contributed by atoms with E-state index in [2.05, 4.69) is 36.5 Å². The minimum atomic E-state index is -0.108. The van der Waals surface area contributed by atoms with Gasteiger partial charge in [-0.2, -0.15) is 0 Å². The van der Waals surface area contributed by atoms with Crippen LogP contribution in [0.25, 0.3) is 0 Å². The molecule has 2 rings (SSSR count). The molecule has 0 unspecified atom stereocenters. The van der Waals surface area contributed by atoms with E-state index in [4.69, 9.17) is 4.74 Å². The number of anilines is 1. The molecule has 3 heteroatoms. The fourth-order valence-electron chi connectivity index (χ4n) is 2.55. The predicted molar refractivity (Wildman–Crippen MR) is 90.2 cm³/mol. The molecule has 0 aliphatic heterocycles. The number of benzene rings is 2. The molecule has 3 nitrogen and oxygen atoms in total. The Kier molecular flexibility index (Phi) is 5.73. The van der Waals surface area contributed by atoms with Gasteiger partial charge >= 0.3 is 0 Å². The second-order valence-corrected chi connectivity index (χ2v) is 5.61. The summed E-state index contributed by atoms with van der Waals surface area (Å²) < 4.78 is 5.46. The predicted octanol–water partition coefficient (Wildman–Crippen LogP) is 3.81. The smallest absolute Gasteiger partial charge is 0.250 e. The van der Waals surface area contributed by atoms with Crippen molar-refractivity contribution in [1.82, 2.24) is 0 Å². The van der Waals surface area contributed by atoms with Crippen molar-refractivity contribution in [2.45, 2.75) is 27.2 Å². The highest BCUT2D eigenvalue weighted by molar-refractivity contribution is 5.93. The number of hydrogen-bond acceptors (Lipinski definition) is 2. The van der Waals surface area contributed by atoms with Crippen LogP contribution >= 0.6 is 0 Å². The van der Waals surface area contributed by atoms with Gasteiger partial charge in [0.1, 0.15) is 6.61 Å². The molecular weight excluding hydrogens is 274 g/mol. The number of aryl methyl sites for hydroxylation is 3. The second-order valence-electron chi connectivity index (χ2n) is 5.61. The van der Waals surface area contributed by atoms with Crippen molar-refractivity contribution in [2.75, 3.05) is 18.5 Å². The molecule has 2 aromatic carbocycles. The third-order valence-electron chi connectivity index (χ3n) is 3.55. The van der Waals surface area contributed by atoms with Crippen LogP contribution in [0.3, 0.4) is 0 Å². The topological polar surface area (TPSA) is 38.3 Å². The number of nitrogens with one attached hydrogen (secondary N) is 1. The summed E-state index contributed by atoms with van der Waals surface area (Å²) >= 11 is 0. The van der Waals surface area contributed by atoms with Crippen molar-refractivity contribution in [2.24, 2.45) is 0 Å². The van der Waals surface area contributed by atoms with Gasteiger partial charge < -0.3 is 10.1 Å². The fourth-order valence-corrected chi connectivity index (χ4v) is 2.55. The Morgan fingerprint density at radius 2 is 1.68 bits per heavy atom. The molecule has 0 fully saturated rings. The molecule has 1 N–H and O–H groups in total. The summed E-state index contributed by atoms with van der Waals surface area (Å²) in [6.45, 7) is 6.69. The van der Waals surface area contributed by atoms with E-state index >= 15 is 0 Å². The van der Waals surface area contributed by atoms with E-state index in [0.29, 0.717) is 6.61 Å². The zero-order valence-electron chi connectivity index (χ0n) is 13.5. The first-order chi connectivity index (χ1) is 10.6. The molecule has 0 aromatic heterocycles. The van der Waals surface area contributed by atoms with Crippen LogP contribution in [-0.4, -0.2) is 19.1 Å². The van der Waals surface area contributed by atoms with Gasteiger partial charge in [0.25, 0.3) is 0 Å². The van der Waals surface area contributed by atoms with Crippen LogP contribution in [0.15, 0.2) is 42.5 Å². The number of ether oxygens (including phenoxy) is 1. The summed E-state index contributed by atoms with van der Waals surface area (Å²) in [6.07, 6.45) is 0.816. The summed E-state index contributed by atoms with van der Waals surface area (Å²) in [5.41, 5.74) is 5.47. The van der Waals surface area contributed by atoms with Crippen LogP contribution in [-0.2, 0) is 16.0 Å². The zero-order valence-corrected chi connectivity index (χ0v) is 13.5. The van der Waals surface area contributed by atoms with Crippen molar-refractivity contribution in [1.29, 1.82) is 0 Å². The lowest BCUT2D eigenvalue weighted by molar-refractivity contribution is -0.120. The molecular formula is C19H23NO2. The Labute approximate surface area is 132 Å². The number of hydrogen-bond donors (Lipinski definition) is 1. The van der Waals surface area contributed by atoms with Crippen LogP contribution in [0, 0.1) is 20.8 Å². The third-order valence-corrected chi connectivity index (χ3v) is 3.55. The molecule has 0 aliphatic carbocycles. The number of rotatable bonds is 6. The van der Waals surface area contributed by atoms with Crippen molar-refractivity contribution in [3.05, 3.63) is 64.7 Å². The normalized spacial score (nSPS) is 10.5. The Bertz CT molecular complexity index is 612. The first kappa shape index (κ1) is 16.2. The van der Waals surface area contributed by atoms with Crippen molar-refractivity contribution in [3.8, 4) is 0 Å². The molecule has 0 saturated carbocycles. The summed E-state index contributed by atoms with van der Waals surface area (Å²) in [6, 6.07) is 14.3. The van der Waals surface area contributed by atoms with Crippen LogP contribution in [0.1, 0.15) is 22.3 Å². The maximum atomic E-state index is 12.0. The summed E-state index contributed by atoms with van der Waals surface area (Å²) in [5.74, 6) is -0.108. The van der Waals surface area contributed by atoms with Crippen molar-refractivity contribution in [3.63, 3.8) is 0 Å². The summed E-state index contributed by atoms with van der Waals surface area (Å²) in [4.78, 5) is 12.0. The lowest BCUT2D eigenvalue weighted by Gasteiger charge is -2.13. The van der Waals surface area contributed by atoms with Gasteiger partial charge in [-0.15, -0.1) is 0 Å². The molecule has 116 valence electrons. The lowest BCUT2D eigenvalue weighted by Crippen LogP contribution is -2.20. The average molecular weight is 297 g/mol. The van der Waals surface area contributed by atoms with Crippen LogP contribution in [0.4, 0.5) is 5.69 Å². The van der Waals surface area contributed by atoms with Crippen molar-refractivity contribution < 1.29 is 9.53 Å². The minimum Gasteiger partial charge on any atom is -0.371 e. The van der Waals surface area contributed by atoms with E-state index in [1.807, 2.05) is 32.0 Å². The molecule has 22 heavy (non-hydrogen) atoms. The van der Waals surface area contributed by atoms with Gasteiger partial charge in [-0.25, -0.2) is 0 Å². The third kappa shape index (κ3) is 4.71. The first-order valence-electron chi connectivity index (χ1n) is 7.55. The maximum Gasteiger partial charge on any atom is 0.250 e. The fraction of sp³-hybridized carbons (Fsp3) is 0.316. The number of amides is 1. The van der Waals surface area contributed by atoms with Gasteiger partial charge in [-0.3, -0.25) is 4.79 Å². The Morgan fingerprint density at radius 3 is 2.32 bits per heavy atom. The quantitative estimate of drug-likeness (QED) is 0.823. The van der Waals surface area contributed by atoms with Gasteiger partial charge in [0.2, 0.25) is 5.91 Å². The van der Waals surface area contributed by atoms with E-state index < -0.39 is 0 Å². The van der Waals surface area contributed by atoms with Gasteiger partial charge in [0, 0.05) is 5.69 Å². The molecule has 0 heterocycles.